The summed E-state index contributed by atoms with van der Waals surface area (Å²) in [5.74, 6) is 0.311. The van der Waals surface area contributed by atoms with Gasteiger partial charge < -0.3 is 19.5 Å². The number of hydrogen-bond acceptors (Lipinski definition) is 8. The predicted molar refractivity (Wildman–Crippen MR) is 109 cm³/mol. The number of pyridine rings is 1. The van der Waals surface area contributed by atoms with Gasteiger partial charge in [0.25, 0.3) is 0 Å². The van der Waals surface area contributed by atoms with E-state index < -0.39 is 11.9 Å². The molecule has 1 unspecified atom stereocenters. The van der Waals surface area contributed by atoms with Gasteiger partial charge in [0.1, 0.15) is 23.5 Å². The molecule has 0 aliphatic carbocycles. The normalized spacial score (nSPS) is 12.8. The van der Waals surface area contributed by atoms with Crippen molar-refractivity contribution in [3.05, 3.63) is 35.0 Å². The number of esters is 1. The first kappa shape index (κ1) is 20.9. The second-order valence-electron chi connectivity index (χ2n) is 7.26. The number of fused-ring (bicyclic) bond motifs is 1. The van der Waals surface area contributed by atoms with Gasteiger partial charge in [-0.05, 0) is 30.5 Å². The summed E-state index contributed by atoms with van der Waals surface area (Å²) in [6, 6.07) is 9.44. The first-order valence-electron chi connectivity index (χ1n) is 9.53. The van der Waals surface area contributed by atoms with Crippen LogP contribution in [0.4, 0.5) is 5.82 Å². The summed E-state index contributed by atoms with van der Waals surface area (Å²) < 4.78 is 16.1. The minimum atomic E-state index is -0.786. The van der Waals surface area contributed by atoms with Gasteiger partial charge in [-0.15, -0.1) is 0 Å². The van der Waals surface area contributed by atoms with E-state index in [2.05, 4.69) is 22.4 Å². The summed E-state index contributed by atoms with van der Waals surface area (Å²) >= 11 is 0. The van der Waals surface area contributed by atoms with Crippen LogP contribution in [0, 0.1) is 28.6 Å². The molecule has 8 nitrogen and oxygen atoms in total. The second kappa shape index (κ2) is 8.71. The fraction of sp³-hybridized carbons (Fsp3) is 0.364. The standard InChI is InChI=1S/C22H22N4O4/c1-12(2)10-28-22(27)13(3)20-15(8-23)19(16(9-24)21(25-4)26-20)14-5-6-17-18(7-14)30-11-29-17/h5-7,12-13H,10-11H2,1-4H3,(H,25,26). The van der Waals surface area contributed by atoms with Crippen molar-refractivity contribution in [2.24, 2.45) is 5.92 Å². The van der Waals surface area contributed by atoms with E-state index in [9.17, 15) is 15.3 Å². The topological polar surface area (TPSA) is 117 Å². The molecule has 1 N–H and O–H groups in total. The molecule has 0 radical (unpaired) electrons. The van der Waals surface area contributed by atoms with E-state index in [1.807, 2.05) is 13.8 Å². The van der Waals surface area contributed by atoms with Crippen molar-refractivity contribution in [1.29, 1.82) is 10.5 Å². The first-order valence-corrected chi connectivity index (χ1v) is 9.53. The average Bonchev–Trinajstić information content (AvgIpc) is 3.22. The maximum absolute atomic E-state index is 12.6. The van der Waals surface area contributed by atoms with Crippen LogP contribution in [0.25, 0.3) is 11.1 Å². The van der Waals surface area contributed by atoms with Gasteiger partial charge in [0.2, 0.25) is 6.79 Å². The molecule has 0 saturated carbocycles. The van der Waals surface area contributed by atoms with E-state index in [0.717, 1.165) is 0 Å². The Morgan fingerprint density at radius 2 is 1.90 bits per heavy atom. The van der Waals surface area contributed by atoms with E-state index in [0.29, 0.717) is 22.6 Å². The van der Waals surface area contributed by atoms with E-state index in [1.165, 1.54) is 0 Å². The molecule has 154 valence electrons. The van der Waals surface area contributed by atoms with Crippen molar-refractivity contribution in [2.45, 2.75) is 26.7 Å². The van der Waals surface area contributed by atoms with Crippen LogP contribution >= 0.6 is 0 Å². The van der Waals surface area contributed by atoms with Crippen molar-refractivity contribution < 1.29 is 19.0 Å². The summed E-state index contributed by atoms with van der Waals surface area (Å²) in [6.45, 7) is 5.90. The van der Waals surface area contributed by atoms with E-state index in [1.54, 1.807) is 32.2 Å². The van der Waals surface area contributed by atoms with E-state index in [4.69, 9.17) is 14.2 Å². The van der Waals surface area contributed by atoms with Crippen LogP contribution in [0.3, 0.4) is 0 Å². The van der Waals surface area contributed by atoms with Crippen LogP contribution in [0.5, 0.6) is 11.5 Å². The zero-order chi connectivity index (χ0) is 21.8. The van der Waals surface area contributed by atoms with Crippen molar-refractivity contribution in [1.82, 2.24) is 4.98 Å². The summed E-state index contributed by atoms with van der Waals surface area (Å²) in [5, 5.41) is 22.7. The highest BCUT2D eigenvalue weighted by Gasteiger charge is 2.29. The van der Waals surface area contributed by atoms with Crippen LogP contribution in [0.15, 0.2) is 18.2 Å². The summed E-state index contributed by atoms with van der Waals surface area (Å²) in [7, 11) is 1.63. The molecule has 1 aliphatic rings. The summed E-state index contributed by atoms with van der Waals surface area (Å²) in [6.07, 6.45) is 0. The van der Waals surface area contributed by atoms with Gasteiger partial charge in [-0.25, -0.2) is 4.98 Å². The zero-order valence-electron chi connectivity index (χ0n) is 17.3. The first-order chi connectivity index (χ1) is 14.4. The molecule has 1 atom stereocenters. The highest BCUT2D eigenvalue weighted by atomic mass is 16.7. The van der Waals surface area contributed by atoms with Crippen molar-refractivity contribution in [3.8, 4) is 34.8 Å². The molecule has 0 spiro atoms. The number of anilines is 1. The molecule has 1 aromatic carbocycles. The van der Waals surface area contributed by atoms with Crippen LogP contribution < -0.4 is 14.8 Å². The van der Waals surface area contributed by atoms with Crippen LogP contribution in [0.2, 0.25) is 0 Å². The lowest BCUT2D eigenvalue weighted by Crippen LogP contribution is -2.19. The third-order valence-electron chi connectivity index (χ3n) is 4.67. The van der Waals surface area contributed by atoms with Gasteiger partial charge in [-0.1, -0.05) is 19.9 Å². The summed E-state index contributed by atoms with van der Waals surface area (Å²) in [4.78, 5) is 17.0. The lowest BCUT2D eigenvalue weighted by molar-refractivity contribution is -0.146. The Bertz CT molecular complexity index is 1070. The average molecular weight is 406 g/mol. The molecule has 0 bridgehead atoms. The van der Waals surface area contributed by atoms with Gasteiger partial charge in [-0.2, -0.15) is 10.5 Å². The van der Waals surface area contributed by atoms with Gasteiger partial charge in [0.05, 0.1) is 23.8 Å². The molecular weight excluding hydrogens is 384 g/mol. The van der Waals surface area contributed by atoms with Crippen molar-refractivity contribution in [3.63, 3.8) is 0 Å². The van der Waals surface area contributed by atoms with Gasteiger partial charge >= 0.3 is 5.97 Å². The lowest BCUT2D eigenvalue weighted by Gasteiger charge is -2.19. The third-order valence-corrected chi connectivity index (χ3v) is 4.67. The Labute approximate surface area is 175 Å². The van der Waals surface area contributed by atoms with E-state index >= 15 is 0 Å². The Balaban J connectivity index is 2.18. The largest absolute Gasteiger partial charge is 0.465 e. The maximum Gasteiger partial charge on any atom is 0.314 e. The number of aromatic nitrogens is 1. The maximum atomic E-state index is 12.6. The number of nitriles is 2. The van der Waals surface area contributed by atoms with Crippen LogP contribution in [-0.4, -0.2) is 31.4 Å². The number of ether oxygens (including phenoxy) is 3. The van der Waals surface area contributed by atoms with Gasteiger partial charge in [0.15, 0.2) is 11.5 Å². The molecule has 1 aliphatic heterocycles. The fourth-order valence-electron chi connectivity index (χ4n) is 3.15. The number of nitrogens with zero attached hydrogens (tertiary/aromatic N) is 3. The predicted octanol–water partition coefficient (Wildman–Crippen LogP) is 3.57. The number of carbonyl (C=O) groups excluding carboxylic acids is 1. The molecule has 30 heavy (non-hydrogen) atoms. The van der Waals surface area contributed by atoms with Crippen LogP contribution in [-0.2, 0) is 9.53 Å². The monoisotopic (exact) mass is 406 g/mol. The Morgan fingerprint density at radius 3 is 2.53 bits per heavy atom. The van der Waals surface area contributed by atoms with Crippen LogP contribution in [0.1, 0.15) is 43.5 Å². The molecule has 0 saturated heterocycles. The Morgan fingerprint density at radius 1 is 1.20 bits per heavy atom. The second-order valence-corrected chi connectivity index (χ2v) is 7.26. The number of rotatable bonds is 6. The smallest absolute Gasteiger partial charge is 0.314 e. The van der Waals surface area contributed by atoms with Crippen molar-refractivity contribution in [2.75, 3.05) is 25.8 Å². The quantitative estimate of drug-likeness (QED) is 0.724. The molecule has 0 amide bonds. The molecule has 3 rings (SSSR count). The number of benzene rings is 1. The minimum absolute atomic E-state index is 0.108. The lowest BCUT2D eigenvalue weighted by atomic mass is 9.90. The van der Waals surface area contributed by atoms with Gasteiger partial charge in [-0.3, -0.25) is 4.79 Å². The zero-order valence-corrected chi connectivity index (χ0v) is 17.3. The molecule has 2 heterocycles. The van der Waals surface area contributed by atoms with Crippen molar-refractivity contribution >= 4 is 11.8 Å². The number of carbonyl (C=O) groups is 1. The molecule has 8 heteroatoms. The molecule has 0 fully saturated rings. The minimum Gasteiger partial charge on any atom is -0.465 e. The van der Waals surface area contributed by atoms with E-state index in [-0.39, 0.29) is 42.0 Å². The Hall–Kier alpha value is -3.78. The molecular formula is C22H22N4O4. The fourth-order valence-corrected chi connectivity index (χ4v) is 3.15. The number of nitrogens with one attached hydrogen (secondary N) is 1. The Kier molecular flexibility index (Phi) is 6.08. The highest BCUT2D eigenvalue weighted by molar-refractivity contribution is 5.86. The molecule has 1 aromatic heterocycles. The summed E-state index contributed by atoms with van der Waals surface area (Å²) in [5.41, 5.74) is 1.59. The molecule has 2 aromatic rings. The number of hydrogen-bond donors (Lipinski definition) is 1. The highest BCUT2D eigenvalue weighted by Crippen LogP contribution is 2.40. The third kappa shape index (κ3) is 3.85. The SMILES string of the molecule is CNc1nc(C(C)C(=O)OCC(C)C)c(C#N)c(-c2ccc3c(c2)OCO3)c1C#N. The van der Waals surface area contributed by atoms with Gasteiger partial charge in [0, 0.05) is 12.6 Å².